The number of benzene rings is 1. The average Bonchev–Trinajstić information content (AvgIpc) is 2.53. The lowest BCUT2D eigenvalue weighted by atomic mass is 9.72. The molecule has 21 heavy (non-hydrogen) atoms. The third-order valence-electron chi connectivity index (χ3n) is 5.70. The van der Waals surface area contributed by atoms with E-state index in [0.29, 0.717) is 5.41 Å². The van der Waals surface area contributed by atoms with E-state index in [0.717, 1.165) is 25.0 Å². The number of rotatable bonds is 3. The molecule has 2 nitrogen and oxygen atoms in total. The number of piperidine rings is 2. The molecule has 3 rings (SSSR count). The molecule has 0 spiro atoms. The lowest BCUT2D eigenvalue weighted by Crippen LogP contribution is -2.52. The van der Waals surface area contributed by atoms with Crippen molar-refractivity contribution in [1.82, 2.24) is 10.2 Å². The summed E-state index contributed by atoms with van der Waals surface area (Å²) in [7, 11) is 0. The largest absolute Gasteiger partial charge is 0.317 e. The summed E-state index contributed by atoms with van der Waals surface area (Å²) in [5.74, 6) is 0.857. The Morgan fingerprint density at radius 3 is 2.52 bits per heavy atom. The molecule has 0 radical (unpaired) electrons. The highest BCUT2D eigenvalue weighted by molar-refractivity contribution is 5.27. The third kappa shape index (κ3) is 3.32. The van der Waals surface area contributed by atoms with Crippen molar-refractivity contribution in [3.63, 3.8) is 0 Å². The first-order chi connectivity index (χ1) is 10.2. The monoisotopic (exact) mass is 286 g/mol. The van der Waals surface area contributed by atoms with E-state index in [2.05, 4.69) is 54.4 Å². The maximum absolute atomic E-state index is 3.55. The van der Waals surface area contributed by atoms with E-state index >= 15 is 0 Å². The molecule has 0 aliphatic carbocycles. The fourth-order valence-corrected chi connectivity index (χ4v) is 4.22. The molecule has 1 aromatic rings. The molecule has 0 saturated carbocycles. The molecule has 2 heterocycles. The summed E-state index contributed by atoms with van der Waals surface area (Å²) in [6.07, 6.45) is 5.31. The predicted molar refractivity (Wildman–Crippen MR) is 89.7 cm³/mol. The standard InChI is InChI=1S/C19H30N2/c1-16-8-9-17(2)21(14-16)15-19(10-12-20-13-11-19)18-6-4-3-5-7-18/h3-7,16-17,20H,8-15H2,1-2H3. The van der Waals surface area contributed by atoms with Crippen LogP contribution in [0.5, 0.6) is 0 Å². The first kappa shape index (κ1) is 15.1. The molecule has 1 N–H and O–H groups in total. The molecule has 2 saturated heterocycles. The van der Waals surface area contributed by atoms with Crippen LogP contribution in [0.4, 0.5) is 0 Å². The fraction of sp³-hybridized carbons (Fsp3) is 0.684. The SMILES string of the molecule is CC1CCC(C)N(CC2(c3ccccc3)CCNCC2)C1. The Morgan fingerprint density at radius 1 is 1.10 bits per heavy atom. The second-order valence-corrected chi connectivity index (χ2v) is 7.36. The van der Waals surface area contributed by atoms with Gasteiger partial charge in [0.1, 0.15) is 0 Å². The van der Waals surface area contributed by atoms with Crippen molar-refractivity contribution in [3.05, 3.63) is 35.9 Å². The zero-order valence-corrected chi connectivity index (χ0v) is 13.6. The number of nitrogens with zero attached hydrogens (tertiary/aromatic N) is 1. The van der Waals surface area contributed by atoms with Gasteiger partial charge in [0.2, 0.25) is 0 Å². The molecule has 2 fully saturated rings. The minimum absolute atomic E-state index is 0.359. The molecule has 0 amide bonds. The van der Waals surface area contributed by atoms with E-state index < -0.39 is 0 Å². The Balaban J connectivity index is 1.82. The summed E-state index contributed by atoms with van der Waals surface area (Å²) in [6, 6.07) is 12.0. The lowest BCUT2D eigenvalue weighted by Gasteiger charge is -2.46. The van der Waals surface area contributed by atoms with E-state index in [4.69, 9.17) is 0 Å². The van der Waals surface area contributed by atoms with Gasteiger partial charge < -0.3 is 5.32 Å². The third-order valence-corrected chi connectivity index (χ3v) is 5.70. The molecule has 0 bridgehead atoms. The van der Waals surface area contributed by atoms with Gasteiger partial charge in [0.25, 0.3) is 0 Å². The summed E-state index contributed by atoms with van der Waals surface area (Å²) in [6.45, 7) is 9.68. The second-order valence-electron chi connectivity index (χ2n) is 7.36. The van der Waals surface area contributed by atoms with Gasteiger partial charge in [-0.2, -0.15) is 0 Å². The van der Waals surface area contributed by atoms with Crippen LogP contribution in [0.15, 0.2) is 30.3 Å². The maximum atomic E-state index is 3.55. The highest BCUT2D eigenvalue weighted by Crippen LogP contribution is 2.36. The van der Waals surface area contributed by atoms with Crippen molar-refractivity contribution in [1.29, 1.82) is 0 Å². The molecule has 2 aliphatic rings. The zero-order chi connectivity index (χ0) is 14.7. The van der Waals surface area contributed by atoms with Crippen molar-refractivity contribution < 1.29 is 0 Å². The van der Waals surface area contributed by atoms with Gasteiger partial charge in [-0.25, -0.2) is 0 Å². The molecule has 2 heteroatoms. The summed E-state index contributed by atoms with van der Waals surface area (Å²) in [5, 5.41) is 3.55. The van der Waals surface area contributed by atoms with Crippen molar-refractivity contribution in [2.45, 2.75) is 51.0 Å². The van der Waals surface area contributed by atoms with E-state index in [1.165, 1.54) is 38.8 Å². The van der Waals surface area contributed by atoms with Gasteiger partial charge >= 0.3 is 0 Å². The first-order valence-corrected chi connectivity index (χ1v) is 8.70. The predicted octanol–water partition coefficient (Wildman–Crippen LogP) is 3.43. The van der Waals surface area contributed by atoms with E-state index in [1.807, 2.05) is 0 Å². The Hall–Kier alpha value is -0.860. The van der Waals surface area contributed by atoms with Gasteiger partial charge in [0.15, 0.2) is 0 Å². The lowest BCUT2D eigenvalue weighted by molar-refractivity contribution is 0.0828. The Bertz CT molecular complexity index is 436. The Labute approximate surface area is 129 Å². The van der Waals surface area contributed by atoms with Crippen molar-refractivity contribution in [2.24, 2.45) is 5.92 Å². The molecular formula is C19H30N2. The van der Waals surface area contributed by atoms with Crippen LogP contribution in [0.1, 0.15) is 45.1 Å². The van der Waals surface area contributed by atoms with Crippen LogP contribution < -0.4 is 5.32 Å². The Morgan fingerprint density at radius 2 is 1.81 bits per heavy atom. The normalized spacial score (nSPS) is 30.2. The summed E-state index contributed by atoms with van der Waals surface area (Å²) >= 11 is 0. The summed E-state index contributed by atoms with van der Waals surface area (Å²) < 4.78 is 0. The van der Waals surface area contributed by atoms with Gasteiger partial charge in [-0.15, -0.1) is 0 Å². The average molecular weight is 286 g/mol. The van der Waals surface area contributed by atoms with E-state index in [-0.39, 0.29) is 0 Å². The highest BCUT2D eigenvalue weighted by Gasteiger charge is 2.37. The number of hydrogen-bond acceptors (Lipinski definition) is 2. The van der Waals surface area contributed by atoms with Crippen LogP contribution in [-0.2, 0) is 5.41 Å². The van der Waals surface area contributed by atoms with Crippen molar-refractivity contribution >= 4 is 0 Å². The van der Waals surface area contributed by atoms with Crippen LogP contribution in [0.3, 0.4) is 0 Å². The summed E-state index contributed by atoms with van der Waals surface area (Å²) in [5.41, 5.74) is 1.91. The minimum atomic E-state index is 0.359. The second kappa shape index (κ2) is 6.50. The number of nitrogens with one attached hydrogen (secondary N) is 1. The smallest absolute Gasteiger partial charge is 0.0104 e. The summed E-state index contributed by atoms with van der Waals surface area (Å²) in [4.78, 5) is 2.77. The fourth-order valence-electron chi connectivity index (χ4n) is 4.22. The number of hydrogen-bond donors (Lipinski definition) is 1. The molecule has 0 aromatic heterocycles. The topological polar surface area (TPSA) is 15.3 Å². The molecule has 2 atom stereocenters. The molecule has 2 unspecified atom stereocenters. The van der Waals surface area contributed by atoms with Gasteiger partial charge in [-0.3, -0.25) is 4.90 Å². The van der Waals surface area contributed by atoms with Gasteiger partial charge in [0, 0.05) is 24.5 Å². The van der Waals surface area contributed by atoms with Crippen LogP contribution in [0.25, 0.3) is 0 Å². The molecular weight excluding hydrogens is 256 g/mol. The van der Waals surface area contributed by atoms with Gasteiger partial charge in [-0.1, -0.05) is 37.3 Å². The van der Waals surface area contributed by atoms with Gasteiger partial charge in [0.05, 0.1) is 0 Å². The minimum Gasteiger partial charge on any atom is -0.317 e. The van der Waals surface area contributed by atoms with E-state index in [1.54, 1.807) is 5.56 Å². The number of likely N-dealkylation sites (tertiary alicyclic amines) is 1. The van der Waals surface area contributed by atoms with Crippen LogP contribution in [-0.4, -0.2) is 37.1 Å². The molecule has 116 valence electrons. The molecule has 2 aliphatic heterocycles. The molecule has 1 aromatic carbocycles. The van der Waals surface area contributed by atoms with Gasteiger partial charge in [-0.05, 0) is 57.2 Å². The Kier molecular flexibility index (Phi) is 4.66. The van der Waals surface area contributed by atoms with Crippen LogP contribution in [0.2, 0.25) is 0 Å². The highest BCUT2D eigenvalue weighted by atomic mass is 15.2. The quantitative estimate of drug-likeness (QED) is 0.916. The first-order valence-electron chi connectivity index (χ1n) is 8.70. The van der Waals surface area contributed by atoms with E-state index in [9.17, 15) is 0 Å². The van der Waals surface area contributed by atoms with Crippen LogP contribution >= 0.6 is 0 Å². The van der Waals surface area contributed by atoms with Crippen LogP contribution in [0, 0.1) is 5.92 Å². The zero-order valence-electron chi connectivity index (χ0n) is 13.6. The maximum Gasteiger partial charge on any atom is 0.0104 e. The van der Waals surface area contributed by atoms with Crippen molar-refractivity contribution in [3.8, 4) is 0 Å². The van der Waals surface area contributed by atoms with Crippen molar-refractivity contribution in [2.75, 3.05) is 26.2 Å².